The fourth-order valence-corrected chi connectivity index (χ4v) is 3.33. The lowest BCUT2D eigenvalue weighted by atomic mass is 10.1. The number of para-hydroxylation sites is 1. The van der Waals surface area contributed by atoms with E-state index < -0.39 is 11.8 Å². The summed E-state index contributed by atoms with van der Waals surface area (Å²) in [6.45, 7) is 4.07. The Morgan fingerprint density at radius 1 is 1.21 bits per heavy atom. The Kier molecular flexibility index (Phi) is 6.29. The topological polar surface area (TPSA) is 85.4 Å². The number of hydrogen-bond donors (Lipinski definition) is 3. The third kappa shape index (κ3) is 4.81. The van der Waals surface area contributed by atoms with Crippen LogP contribution in [-0.2, 0) is 6.54 Å². The first-order chi connectivity index (χ1) is 13.9. The molecule has 7 heteroatoms. The standard InChI is InChI=1S/C22H24FN3O3/c1-14-10-15(2)20-16(11-14)12-17(21(28)25-20)13-26(8-5-9-27)22(29)24-19-7-4-3-6-18(19)23/h3-4,6-7,10-12,27H,5,8-9,13H2,1-2H3,(H,24,29)(H,25,28). The van der Waals surface area contributed by atoms with Crippen LogP contribution in [0.3, 0.4) is 0 Å². The minimum Gasteiger partial charge on any atom is -0.396 e. The number of H-pyrrole nitrogens is 1. The van der Waals surface area contributed by atoms with Crippen LogP contribution in [0.5, 0.6) is 0 Å². The number of carbonyl (C=O) groups is 1. The number of urea groups is 1. The van der Waals surface area contributed by atoms with Crippen LogP contribution < -0.4 is 10.9 Å². The summed E-state index contributed by atoms with van der Waals surface area (Å²) in [6.07, 6.45) is 0.342. The number of benzene rings is 2. The number of aliphatic hydroxyl groups is 1. The Morgan fingerprint density at radius 2 is 1.97 bits per heavy atom. The number of fused-ring (bicyclic) bond motifs is 1. The number of hydrogen-bond acceptors (Lipinski definition) is 3. The highest BCUT2D eigenvalue weighted by Gasteiger charge is 2.17. The van der Waals surface area contributed by atoms with Crippen LogP contribution in [0, 0.1) is 19.7 Å². The van der Waals surface area contributed by atoms with Crippen molar-refractivity contribution in [1.82, 2.24) is 9.88 Å². The molecule has 2 amide bonds. The summed E-state index contributed by atoms with van der Waals surface area (Å²) in [4.78, 5) is 29.6. The van der Waals surface area contributed by atoms with E-state index in [1.54, 1.807) is 12.1 Å². The van der Waals surface area contributed by atoms with Crippen molar-refractivity contribution in [3.63, 3.8) is 0 Å². The van der Waals surface area contributed by atoms with Crippen LogP contribution >= 0.6 is 0 Å². The van der Waals surface area contributed by atoms with E-state index in [4.69, 9.17) is 5.11 Å². The highest BCUT2D eigenvalue weighted by Crippen LogP contribution is 2.19. The molecule has 152 valence electrons. The number of aromatic nitrogens is 1. The molecule has 0 fully saturated rings. The van der Waals surface area contributed by atoms with Crippen molar-refractivity contribution in [2.45, 2.75) is 26.8 Å². The van der Waals surface area contributed by atoms with Crippen molar-refractivity contribution < 1.29 is 14.3 Å². The van der Waals surface area contributed by atoms with Crippen molar-refractivity contribution in [3.8, 4) is 0 Å². The summed E-state index contributed by atoms with van der Waals surface area (Å²) >= 11 is 0. The van der Waals surface area contributed by atoms with Gasteiger partial charge in [0.25, 0.3) is 5.56 Å². The molecule has 0 radical (unpaired) electrons. The zero-order valence-corrected chi connectivity index (χ0v) is 16.5. The van der Waals surface area contributed by atoms with E-state index in [0.717, 1.165) is 22.0 Å². The number of halogens is 1. The molecule has 0 aliphatic rings. The third-order valence-electron chi connectivity index (χ3n) is 4.72. The average molecular weight is 397 g/mol. The van der Waals surface area contributed by atoms with E-state index in [1.807, 2.05) is 26.0 Å². The Labute approximate surface area is 168 Å². The van der Waals surface area contributed by atoms with Crippen LogP contribution in [0.1, 0.15) is 23.1 Å². The molecule has 3 N–H and O–H groups in total. The number of rotatable bonds is 6. The molecule has 1 heterocycles. The van der Waals surface area contributed by atoms with E-state index in [9.17, 15) is 14.0 Å². The number of anilines is 1. The lowest BCUT2D eigenvalue weighted by Gasteiger charge is -2.23. The van der Waals surface area contributed by atoms with Crippen molar-refractivity contribution in [3.05, 3.63) is 75.3 Å². The van der Waals surface area contributed by atoms with Gasteiger partial charge >= 0.3 is 6.03 Å². The highest BCUT2D eigenvalue weighted by molar-refractivity contribution is 5.89. The monoisotopic (exact) mass is 397 g/mol. The molecule has 0 saturated carbocycles. The third-order valence-corrected chi connectivity index (χ3v) is 4.72. The highest BCUT2D eigenvalue weighted by atomic mass is 19.1. The van der Waals surface area contributed by atoms with Gasteiger partial charge in [-0.2, -0.15) is 0 Å². The molecule has 3 aromatic rings. The predicted molar refractivity (Wildman–Crippen MR) is 112 cm³/mol. The maximum absolute atomic E-state index is 13.9. The average Bonchev–Trinajstić information content (AvgIpc) is 2.67. The summed E-state index contributed by atoms with van der Waals surface area (Å²) in [5, 5.41) is 12.6. The maximum Gasteiger partial charge on any atom is 0.322 e. The van der Waals surface area contributed by atoms with Crippen LogP contribution in [0.4, 0.5) is 14.9 Å². The molecule has 0 unspecified atom stereocenters. The fourth-order valence-electron chi connectivity index (χ4n) is 3.33. The largest absolute Gasteiger partial charge is 0.396 e. The first-order valence-electron chi connectivity index (χ1n) is 9.43. The molecule has 0 spiro atoms. The summed E-state index contributed by atoms with van der Waals surface area (Å²) in [6, 6.07) is 11.1. The number of aliphatic hydroxyl groups excluding tert-OH is 1. The Bertz CT molecular complexity index is 1090. The van der Waals surface area contributed by atoms with Gasteiger partial charge < -0.3 is 20.3 Å². The van der Waals surface area contributed by atoms with Gasteiger partial charge in [-0.3, -0.25) is 4.79 Å². The smallest absolute Gasteiger partial charge is 0.322 e. The van der Waals surface area contributed by atoms with Gasteiger partial charge in [0, 0.05) is 18.7 Å². The summed E-state index contributed by atoms with van der Waals surface area (Å²) in [7, 11) is 0. The molecule has 6 nitrogen and oxygen atoms in total. The van der Waals surface area contributed by atoms with Crippen molar-refractivity contribution in [1.29, 1.82) is 0 Å². The van der Waals surface area contributed by atoms with Gasteiger partial charge in [-0.05, 0) is 55.5 Å². The SMILES string of the molecule is Cc1cc(C)c2[nH]c(=O)c(CN(CCCO)C(=O)Nc3ccccc3F)cc2c1. The molecular weight excluding hydrogens is 373 g/mol. The number of aromatic amines is 1. The predicted octanol–water partition coefficient (Wildman–Crippen LogP) is 3.70. The number of aryl methyl sites for hydroxylation is 2. The molecule has 0 atom stereocenters. The normalized spacial score (nSPS) is 10.9. The second-order valence-electron chi connectivity index (χ2n) is 7.08. The first kappa shape index (κ1) is 20.5. The van der Waals surface area contributed by atoms with E-state index >= 15 is 0 Å². The molecule has 0 bridgehead atoms. The van der Waals surface area contributed by atoms with Crippen LogP contribution in [0.2, 0.25) is 0 Å². The fraction of sp³-hybridized carbons (Fsp3) is 0.273. The molecule has 0 aliphatic heterocycles. The molecule has 1 aromatic heterocycles. The van der Waals surface area contributed by atoms with E-state index in [1.165, 1.54) is 23.1 Å². The van der Waals surface area contributed by atoms with Gasteiger partial charge in [0.15, 0.2) is 0 Å². The van der Waals surface area contributed by atoms with Crippen LogP contribution in [-0.4, -0.2) is 34.2 Å². The van der Waals surface area contributed by atoms with Gasteiger partial charge in [0.1, 0.15) is 5.82 Å². The molecule has 2 aromatic carbocycles. The number of nitrogens with zero attached hydrogens (tertiary/aromatic N) is 1. The van der Waals surface area contributed by atoms with E-state index in [-0.39, 0.29) is 30.9 Å². The van der Waals surface area contributed by atoms with Crippen molar-refractivity contribution >= 4 is 22.6 Å². The Hall–Kier alpha value is -3.19. The number of amides is 2. The second-order valence-corrected chi connectivity index (χ2v) is 7.08. The Balaban J connectivity index is 1.90. The van der Waals surface area contributed by atoms with Gasteiger partial charge in [-0.25, -0.2) is 9.18 Å². The lowest BCUT2D eigenvalue weighted by molar-refractivity contribution is 0.199. The molecule has 29 heavy (non-hydrogen) atoms. The summed E-state index contributed by atoms with van der Waals surface area (Å²) in [5.41, 5.74) is 3.01. The van der Waals surface area contributed by atoms with Crippen molar-refractivity contribution in [2.75, 3.05) is 18.5 Å². The van der Waals surface area contributed by atoms with Gasteiger partial charge in [0.05, 0.1) is 17.7 Å². The number of carbonyl (C=O) groups excluding carboxylic acids is 1. The number of nitrogens with one attached hydrogen (secondary N) is 2. The lowest BCUT2D eigenvalue weighted by Crippen LogP contribution is -2.37. The molecule has 0 aliphatic carbocycles. The van der Waals surface area contributed by atoms with E-state index in [2.05, 4.69) is 10.3 Å². The van der Waals surface area contributed by atoms with Crippen LogP contribution in [0.15, 0.2) is 47.3 Å². The Morgan fingerprint density at radius 3 is 2.69 bits per heavy atom. The van der Waals surface area contributed by atoms with Gasteiger partial charge in [-0.15, -0.1) is 0 Å². The molecule has 0 saturated heterocycles. The molecule has 3 rings (SSSR count). The quantitative estimate of drug-likeness (QED) is 0.593. The first-order valence-corrected chi connectivity index (χ1v) is 9.43. The van der Waals surface area contributed by atoms with Gasteiger partial charge in [0.2, 0.25) is 0 Å². The maximum atomic E-state index is 13.9. The van der Waals surface area contributed by atoms with Crippen molar-refractivity contribution in [2.24, 2.45) is 0 Å². The summed E-state index contributed by atoms with van der Waals surface area (Å²) < 4.78 is 13.9. The summed E-state index contributed by atoms with van der Waals surface area (Å²) in [5.74, 6) is -0.544. The minimum atomic E-state index is -0.544. The zero-order chi connectivity index (χ0) is 21.0. The zero-order valence-electron chi connectivity index (χ0n) is 16.5. The van der Waals surface area contributed by atoms with Gasteiger partial charge in [-0.1, -0.05) is 23.8 Å². The van der Waals surface area contributed by atoms with Crippen LogP contribution in [0.25, 0.3) is 10.9 Å². The number of pyridine rings is 1. The van der Waals surface area contributed by atoms with E-state index in [0.29, 0.717) is 12.0 Å². The minimum absolute atomic E-state index is 0.0402. The molecular formula is C22H24FN3O3. The second kappa shape index (κ2) is 8.87.